The third-order valence-corrected chi connectivity index (χ3v) is 4.00. The van der Waals surface area contributed by atoms with Crippen molar-refractivity contribution in [3.8, 4) is 5.69 Å². The highest BCUT2D eigenvalue weighted by Crippen LogP contribution is 2.27. The van der Waals surface area contributed by atoms with E-state index in [1.54, 1.807) is 23.0 Å². The maximum Gasteiger partial charge on any atom is 0.234 e. The van der Waals surface area contributed by atoms with Crippen molar-refractivity contribution in [2.75, 3.05) is 13.1 Å². The molecule has 0 spiro atoms. The zero-order valence-electron chi connectivity index (χ0n) is 14.0. The normalized spacial score (nSPS) is 12.9. The number of rotatable bonds is 7. The average molecular weight is 389 g/mol. The van der Waals surface area contributed by atoms with Gasteiger partial charge in [0.15, 0.2) is 0 Å². The second kappa shape index (κ2) is 9.75. The predicted octanol–water partition coefficient (Wildman–Crippen LogP) is 2.78. The molecule has 25 heavy (non-hydrogen) atoms. The van der Waals surface area contributed by atoms with Crippen LogP contribution in [-0.4, -0.2) is 28.5 Å². The standard InChI is InChI=1S/C17H21FN4O.2ClH/c1-12-20-6-7-22(12)16-5-4-14(8-15(16)18)10-21-17(23)11-19-9-13-2-3-13;;/h4-8,13,19H,2-3,9-11H2,1H3,(H,21,23);2*1H. The van der Waals surface area contributed by atoms with E-state index in [2.05, 4.69) is 15.6 Å². The van der Waals surface area contributed by atoms with E-state index in [9.17, 15) is 9.18 Å². The second-order valence-corrected chi connectivity index (χ2v) is 5.98. The Kier molecular flexibility index (Phi) is 8.35. The van der Waals surface area contributed by atoms with Gasteiger partial charge in [-0.25, -0.2) is 9.37 Å². The first-order chi connectivity index (χ1) is 11.1. The Morgan fingerprint density at radius 2 is 2.12 bits per heavy atom. The fourth-order valence-electron chi connectivity index (χ4n) is 2.46. The molecular formula is C17H23Cl2FN4O. The molecule has 1 aliphatic rings. The molecule has 2 N–H and O–H groups in total. The van der Waals surface area contributed by atoms with Gasteiger partial charge in [0, 0.05) is 18.9 Å². The van der Waals surface area contributed by atoms with Crippen LogP contribution in [0.4, 0.5) is 4.39 Å². The minimum absolute atomic E-state index is 0. The van der Waals surface area contributed by atoms with Gasteiger partial charge in [-0.15, -0.1) is 24.8 Å². The molecule has 0 radical (unpaired) electrons. The van der Waals surface area contributed by atoms with Crippen molar-refractivity contribution in [1.82, 2.24) is 20.2 Å². The second-order valence-electron chi connectivity index (χ2n) is 5.98. The summed E-state index contributed by atoms with van der Waals surface area (Å²) in [7, 11) is 0. The number of imidazole rings is 1. The van der Waals surface area contributed by atoms with Gasteiger partial charge in [-0.3, -0.25) is 4.79 Å². The maximum absolute atomic E-state index is 14.2. The highest BCUT2D eigenvalue weighted by molar-refractivity contribution is 5.85. The number of amides is 1. The lowest BCUT2D eigenvalue weighted by atomic mass is 10.2. The van der Waals surface area contributed by atoms with Crippen LogP contribution in [0.2, 0.25) is 0 Å². The van der Waals surface area contributed by atoms with Gasteiger partial charge in [-0.1, -0.05) is 6.07 Å². The Labute approximate surface area is 159 Å². The molecule has 0 atom stereocenters. The summed E-state index contributed by atoms with van der Waals surface area (Å²) in [5.41, 5.74) is 1.20. The van der Waals surface area contributed by atoms with Crippen molar-refractivity contribution in [3.63, 3.8) is 0 Å². The lowest BCUT2D eigenvalue weighted by Crippen LogP contribution is -2.34. The number of aryl methyl sites for hydroxylation is 1. The molecule has 138 valence electrons. The van der Waals surface area contributed by atoms with Crippen LogP contribution in [0.5, 0.6) is 0 Å². The van der Waals surface area contributed by atoms with Gasteiger partial charge in [0.1, 0.15) is 11.6 Å². The Morgan fingerprint density at radius 3 is 2.72 bits per heavy atom. The van der Waals surface area contributed by atoms with E-state index in [1.165, 1.54) is 18.9 Å². The number of halogens is 3. The molecular weight excluding hydrogens is 366 g/mol. The van der Waals surface area contributed by atoms with Gasteiger partial charge < -0.3 is 15.2 Å². The lowest BCUT2D eigenvalue weighted by molar-refractivity contribution is -0.120. The number of carbonyl (C=O) groups excluding carboxylic acids is 1. The topological polar surface area (TPSA) is 59.0 Å². The van der Waals surface area contributed by atoms with Crippen LogP contribution >= 0.6 is 24.8 Å². The fourth-order valence-corrected chi connectivity index (χ4v) is 2.46. The van der Waals surface area contributed by atoms with Gasteiger partial charge in [0.25, 0.3) is 0 Å². The molecule has 1 heterocycles. The van der Waals surface area contributed by atoms with Crippen LogP contribution in [0.3, 0.4) is 0 Å². The van der Waals surface area contributed by atoms with Crippen molar-refractivity contribution in [1.29, 1.82) is 0 Å². The molecule has 0 unspecified atom stereocenters. The molecule has 3 rings (SSSR count). The fraction of sp³-hybridized carbons (Fsp3) is 0.412. The van der Waals surface area contributed by atoms with E-state index in [0.717, 1.165) is 23.9 Å². The third kappa shape index (κ3) is 5.99. The zero-order valence-corrected chi connectivity index (χ0v) is 15.6. The zero-order chi connectivity index (χ0) is 16.2. The molecule has 5 nitrogen and oxygen atoms in total. The van der Waals surface area contributed by atoms with Gasteiger partial charge in [-0.05, 0) is 49.9 Å². The van der Waals surface area contributed by atoms with E-state index in [4.69, 9.17) is 0 Å². The summed E-state index contributed by atoms with van der Waals surface area (Å²) in [6.45, 7) is 3.36. The SMILES string of the molecule is Cc1nccn1-c1ccc(CNC(=O)CNCC2CC2)cc1F.Cl.Cl. The van der Waals surface area contributed by atoms with Gasteiger partial charge in [0.05, 0.1) is 12.2 Å². The van der Waals surface area contributed by atoms with Gasteiger partial charge >= 0.3 is 0 Å². The van der Waals surface area contributed by atoms with E-state index in [1.807, 2.05) is 13.0 Å². The maximum atomic E-state index is 14.2. The molecule has 1 aromatic heterocycles. The van der Waals surface area contributed by atoms with Gasteiger partial charge in [0.2, 0.25) is 5.91 Å². The number of nitrogens with one attached hydrogen (secondary N) is 2. The summed E-state index contributed by atoms with van der Waals surface area (Å²) in [6, 6.07) is 4.97. The molecule has 1 aliphatic carbocycles. The number of benzene rings is 1. The summed E-state index contributed by atoms with van der Waals surface area (Å²) >= 11 is 0. The highest BCUT2D eigenvalue weighted by Gasteiger charge is 2.20. The van der Waals surface area contributed by atoms with E-state index in [-0.39, 0.29) is 36.5 Å². The van der Waals surface area contributed by atoms with Gasteiger partial charge in [-0.2, -0.15) is 0 Å². The summed E-state index contributed by atoms with van der Waals surface area (Å²) in [6.07, 6.45) is 5.88. The summed E-state index contributed by atoms with van der Waals surface area (Å²) in [4.78, 5) is 15.8. The Bertz CT molecular complexity index is 704. The number of hydrogen-bond donors (Lipinski definition) is 2. The summed E-state index contributed by atoms with van der Waals surface area (Å²) in [5.74, 6) is 1.08. The van der Waals surface area contributed by atoms with Crippen molar-refractivity contribution in [2.24, 2.45) is 5.92 Å². The first-order valence-corrected chi connectivity index (χ1v) is 7.89. The molecule has 1 saturated carbocycles. The van der Waals surface area contributed by atoms with Crippen LogP contribution < -0.4 is 10.6 Å². The highest BCUT2D eigenvalue weighted by atomic mass is 35.5. The molecule has 1 fully saturated rings. The lowest BCUT2D eigenvalue weighted by Gasteiger charge is -2.10. The van der Waals surface area contributed by atoms with Crippen molar-refractivity contribution in [2.45, 2.75) is 26.3 Å². The predicted molar refractivity (Wildman–Crippen MR) is 100 cm³/mol. The molecule has 0 saturated heterocycles. The average Bonchev–Trinajstić information content (AvgIpc) is 3.26. The number of aromatic nitrogens is 2. The van der Waals surface area contributed by atoms with Crippen LogP contribution in [-0.2, 0) is 11.3 Å². The summed E-state index contributed by atoms with van der Waals surface area (Å²) in [5, 5.41) is 5.93. The molecule has 1 aromatic carbocycles. The Balaban J connectivity index is 0.00000156. The minimum Gasteiger partial charge on any atom is -0.351 e. The number of carbonyl (C=O) groups is 1. The van der Waals surface area contributed by atoms with E-state index < -0.39 is 0 Å². The van der Waals surface area contributed by atoms with Crippen LogP contribution in [0, 0.1) is 18.7 Å². The Morgan fingerprint density at radius 1 is 1.36 bits per heavy atom. The number of hydrogen-bond acceptors (Lipinski definition) is 3. The summed E-state index contributed by atoms with van der Waals surface area (Å²) < 4.78 is 15.9. The number of nitrogens with zero attached hydrogens (tertiary/aromatic N) is 2. The third-order valence-electron chi connectivity index (χ3n) is 4.00. The molecule has 0 bridgehead atoms. The molecule has 8 heteroatoms. The monoisotopic (exact) mass is 388 g/mol. The molecule has 1 amide bonds. The first-order valence-electron chi connectivity index (χ1n) is 7.89. The molecule has 2 aromatic rings. The van der Waals surface area contributed by atoms with Crippen molar-refractivity contribution < 1.29 is 9.18 Å². The van der Waals surface area contributed by atoms with Crippen LogP contribution in [0.1, 0.15) is 24.2 Å². The van der Waals surface area contributed by atoms with E-state index >= 15 is 0 Å². The minimum atomic E-state index is -0.329. The largest absolute Gasteiger partial charge is 0.351 e. The first kappa shape index (κ1) is 21.4. The van der Waals surface area contributed by atoms with Crippen molar-refractivity contribution in [3.05, 3.63) is 47.8 Å². The van der Waals surface area contributed by atoms with Crippen LogP contribution in [0.15, 0.2) is 30.6 Å². The van der Waals surface area contributed by atoms with Crippen LogP contribution in [0.25, 0.3) is 5.69 Å². The molecule has 0 aliphatic heterocycles. The Hall–Kier alpha value is -1.63. The van der Waals surface area contributed by atoms with Crippen molar-refractivity contribution >= 4 is 30.7 Å². The quantitative estimate of drug-likeness (QED) is 0.766. The van der Waals surface area contributed by atoms with E-state index in [0.29, 0.717) is 18.8 Å². The smallest absolute Gasteiger partial charge is 0.234 e.